The van der Waals surface area contributed by atoms with Gasteiger partial charge in [0.05, 0.1) is 26.1 Å². The highest BCUT2D eigenvalue weighted by molar-refractivity contribution is 6.23. The monoisotopic (exact) mass is 538 g/mol. The summed E-state index contributed by atoms with van der Waals surface area (Å²) in [7, 11) is 3.11. The second-order valence-corrected chi connectivity index (χ2v) is 8.86. The first-order valence-electron chi connectivity index (χ1n) is 11.6. The summed E-state index contributed by atoms with van der Waals surface area (Å²) in [4.78, 5) is 33.0. The Hall–Kier alpha value is -4.29. The number of rotatable bonds is 6. The molecular formula is C25H24ClFN8O3. The number of nitrogens with zero attached hydrogens (tertiary/aromatic N) is 5. The van der Waals surface area contributed by atoms with Gasteiger partial charge in [-0.2, -0.15) is 9.97 Å². The molecule has 11 nitrogen and oxygen atoms in total. The minimum atomic E-state index is -0.903. The molecule has 196 valence electrons. The molecule has 38 heavy (non-hydrogen) atoms. The summed E-state index contributed by atoms with van der Waals surface area (Å²) in [6.45, 7) is 0.848. The highest BCUT2D eigenvalue weighted by Gasteiger charge is 2.38. The lowest BCUT2D eigenvalue weighted by atomic mass is 10.1. The highest BCUT2D eigenvalue weighted by atomic mass is 35.5. The van der Waals surface area contributed by atoms with Crippen molar-refractivity contribution in [2.45, 2.75) is 11.5 Å². The van der Waals surface area contributed by atoms with Crippen LogP contribution < -0.4 is 30.7 Å². The van der Waals surface area contributed by atoms with Gasteiger partial charge in [0.15, 0.2) is 28.5 Å². The molecule has 1 aliphatic rings. The molecule has 1 saturated heterocycles. The molecule has 2 aromatic carbocycles. The van der Waals surface area contributed by atoms with Gasteiger partial charge in [0.2, 0.25) is 11.9 Å². The van der Waals surface area contributed by atoms with E-state index < -0.39 is 23.3 Å². The third-order valence-corrected chi connectivity index (χ3v) is 6.44. The molecule has 4 aromatic rings. The maximum Gasteiger partial charge on any atom is 0.250 e. The van der Waals surface area contributed by atoms with E-state index in [0.717, 1.165) is 5.56 Å². The van der Waals surface area contributed by atoms with E-state index in [2.05, 4.69) is 25.6 Å². The molecule has 1 amide bonds. The molecule has 0 bridgehead atoms. The fourth-order valence-corrected chi connectivity index (χ4v) is 4.60. The first kappa shape index (κ1) is 25.4. The van der Waals surface area contributed by atoms with Gasteiger partial charge in [0, 0.05) is 24.3 Å². The van der Waals surface area contributed by atoms with E-state index in [0.29, 0.717) is 47.3 Å². The second-order valence-electron chi connectivity index (χ2n) is 8.39. The number of benzene rings is 2. The Morgan fingerprint density at radius 2 is 1.89 bits per heavy atom. The summed E-state index contributed by atoms with van der Waals surface area (Å²) in [6, 6.07) is 9.93. The van der Waals surface area contributed by atoms with Crippen LogP contribution in [0.5, 0.6) is 11.5 Å². The van der Waals surface area contributed by atoms with Gasteiger partial charge in [-0.25, -0.2) is 14.4 Å². The molecule has 3 heterocycles. The molecule has 13 heteroatoms. The molecule has 0 aliphatic carbocycles. The second kappa shape index (κ2) is 10.6. The molecule has 2 unspecified atom stereocenters. The average Bonchev–Trinajstić information content (AvgIpc) is 2.93. The Morgan fingerprint density at radius 1 is 1.13 bits per heavy atom. The largest absolute Gasteiger partial charge is 0.493 e. The van der Waals surface area contributed by atoms with Crippen LogP contribution in [-0.2, 0) is 4.79 Å². The summed E-state index contributed by atoms with van der Waals surface area (Å²) in [5.41, 5.74) is 7.53. The molecule has 2 aromatic heterocycles. The number of nitrogens with one attached hydrogen (secondary N) is 2. The summed E-state index contributed by atoms with van der Waals surface area (Å²) in [6.07, 6.45) is 1.57. The van der Waals surface area contributed by atoms with Gasteiger partial charge < -0.3 is 25.4 Å². The van der Waals surface area contributed by atoms with Gasteiger partial charge in [0.25, 0.3) is 0 Å². The van der Waals surface area contributed by atoms with Crippen molar-refractivity contribution in [1.29, 1.82) is 0 Å². The number of alkyl halides is 1. The first-order valence-corrected chi connectivity index (χ1v) is 12.0. The van der Waals surface area contributed by atoms with Gasteiger partial charge in [-0.05, 0) is 42.5 Å². The molecule has 0 saturated carbocycles. The summed E-state index contributed by atoms with van der Waals surface area (Å²) in [5.74, 6) is 0.567. The number of amides is 1. The standard InChI is InChI=1S/C25H24ClFN8O3/c1-37-17-8-3-13(11-18(17)38-2)16-12-30-22-19(32-16)23(34-25(28)33-22)35-10-9-29-21(26)20(35)24(36)31-15-6-4-14(27)5-7-15/h3-8,11-12,20-21,29H,9-10H2,1-2H3,(H,31,36)(H2,28,30,33,34). The number of halogens is 2. The Bertz CT molecular complexity index is 1490. The zero-order chi connectivity index (χ0) is 26.8. The Morgan fingerprint density at radius 3 is 2.63 bits per heavy atom. The van der Waals surface area contributed by atoms with E-state index in [4.69, 9.17) is 31.8 Å². The quantitative estimate of drug-likeness (QED) is 0.248. The Kier molecular flexibility index (Phi) is 7.07. The Labute approximate surface area is 222 Å². The topological polar surface area (TPSA) is 140 Å². The number of carbonyl (C=O) groups excluding carboxylic acids is 1. The van der Waals surface area contributed by atoms with Crippen LogP contribution in [0.1, 0.15) is 0 Å². The number of methoxy groups -OCH3 is 2. The van der Waals surface area contributed by atoms with Crippen LogP contribution in [0.3, 0.4) is 0 Å². The lowest BCUT2D eigenvalue weighted by Crippen LogP contribution is -2.61. The maximum absolute atomic E-state index is 13.4. The van der Waals surface area contributed by atoms with Crippen LogP contribution in [0.2, 0.25) is 0 Å². The number of nitrogen functional groups attached to an aromatic ring is 1. The van der Waals surface area contributed by atoms with Crippen molar-refractivity contribution in [1.82, 2.24) is 25.3 Å². The number of hydrogen-bond acceptors (Lipinski definition) is 10. The van der Waals surface area contributed by atoms with Crippen molar-refractivity contribution < 1.29 is 18.7 Å². The molecular weight excluding hydrogens is 515 g/mol. The number of carbonyl (C=O) groups is 1. The first-order chi connectivity index (χ1) is 18.4. The number of hydrogen-bond donors (Lipinski definition) is 3. The molecule has 4 N–H and O–H groups in total. The van der Waals surface area contributed by atoms with Crippen LogP contribution in [0.4, 0.5) is 21.8 Å². The van der Waals surface area contributed by atoms with Crippen LogP contribution >= 0.6 is 11.6 Å². The minimum Gasteiger partial charge on any atom is -0.493 e. The normalized spacial score (nSPS) is 17.3. The van der Waals surface area contributed by atoms with Gasteiger partial charge in [0.1, 0.15) is 17.4 Å². The fourth-order valence-electron chi connectivity index (χ4n) is 4.24. The number of ether oxygens (including phenoxy) is 2. The third kappa shape index (κ3) is 4.95. The van der Waals surface area contributed by atoms with Gasteiger partial charge in [-0.3, -0.25) is 10.1 Å². The van der Waals surface area contributed by atoms with Crippen molar-refractivity contribution in [3.63, 3.8) is 0 Å². The molecule has 5 rings (SSSR count). The number of piperazine rings is 1. The number of anilines is 3. The van der Waals surface area contributed by atoms with E-state index >= 15 is 0 Å². The average molecular weight is 539 g/mol. The Balaban J connectivity index is 1.56. The SMILES string of the molecule is COc1ccc(-c2cnc3nc(N)nc(N4CCNC(Cl)C4C(=O)Nc4ccc(F)cc4)c3n2)cc1OC. The molecule has 2 atom stereocenters. The van der Waals surface area contributed by atoms with E-state index in [-0.39, 0.29) is 11.6 Å². The number of nitrogens with two attached hydrogens (primary N) is 1. The lowest BCUT2D eigenvalue weighted by molar-refractivity contribution is -0.117. The van der Waals surface area contributed by atoms with Crippen molar-refractivity contribution in [3.8, 4) is 22.8 Å². The summed E-state index contributed by atoms with van der Waals surface area (Å²) < 4.78 is 24.1. The van der Waals surface area contributed by atoms with Gasteiger partial charge in [-0.1, -0.05) is 0 Å². The molecule has 0 radical (unpaired) electrons. The number of aromatic nitrogens is 4. The number of fused-ring (bicyclic) bond motifs is 1. The maximum atomic E-state index is 13.4. The van der Waals surface area contributed by atoms with E-state index in [1.807, 2.05) is 6.07 Å². The van der Waals surface area contributed by atoms with Crippen molar-refractivity contribution in [2.75, 3.05) is 43.3 Å². The van der Waals surface area contributed by atoms with Crippen molar-refractivity contribution >= 4 is 46.1 Å². The molecule has 0 spiro atoms. The predicted molar refractivity (Wildman–Crippen MR) is 142 cm³/mol. The van der Waals surface area contributed by atoms with Crippen molar-refractivity contribution in [3.05, 3.63) is 54.5 Å². The van der Waals surface area contributed by atoms with Gasteiger partial charge in [-0.15, -0.1) is 11.6 Å². The van der Waals surface area contributed by atoms with Crippen LogP contribution in [-0.4, -0.2) is 64.7 Å². The minimum absolute atomic E-state index is 0.0250. The highest BCUT2D eigenvalue weighted by Crippen LogP contribution is 2.33. The van der Waals surface area contributed by atoms with E-state index in [9.17, 15) is 9.18 Å². The summed E-state index contributed by atoms with van der Waals surface area (Å²) >= 11 is 6.58. The van der Waals surface area contributed by atoms with Crippen LogP contribution in [0.25, 0.3) is 22.4 Å². The summed E-state index contributed by atoms with van der Waals surface area (Å²) in [5, 5.41) is 5.88. The van der Waals surface area contributed by atoms with Gasteiger partial charge >= 0.3 is 0 Å². The zero-order valence-corrected chi connectivity index (χ0v) is 21.2. The predicted octanol–water partition coefficient (Wildman–Crippen LogP) is 2.81. The molecule has 1 aliphatic heterocycles. The van der Waals surface area contributed by atoms with E-state index in [1.54, 1.807) is 37.4 Å². The lowest BCUT2D eigenvalue weighted by Gasteiger charge is -2.39. The van der Waals surface area contributed by atoms with Crippen LogP contribution in [0.15, 0.2) is 48.7 Å². The van der Waals surface area contributed by atoms with E-state index in [1.165, 1.54) is 24.3 Å². The smallest absolute Gasteiger partial charge is 0.250 e. The van der Waals surface area contributed by atoms with Crippen LogP contribution in [0, 0.1) is 5.82 Å². The zero-order valence-electron chi connectivity index (χ0n) is 20.5. The van der Waals surface area contributed by atoms with Crippen molar-refractivity contribution in [2.24, 2.45) is 0 Å². The fraction of sp³-hybridized carbons (Fsp3) is 0.240. The third-order valence-electron chi connectivity index (χ3n) is 6.04. The molecule has 1 fully saturated rings.